The van der Waals surface area contributed by atoms with Crippen LogP contribution in [0.5, 0.6) is 5.75 Å². The van der Waals surface area contributed by atoms with E-state index in [1.807, 2.05) is 0 Å². The molecule has 0 spiro atoms. The fourth-order valence-corrected chi connectivity index (χ4v) is 3.51. The Morgan fingerprint density at radius 3 is 2.11 bits per heavy atom. The Balaban J connectivity index is 2.00. The summed E-state index contributed by atoms with van der Waals surface area (Å²) >= 11 is 0. The predicted octanol–water partition coefficient (Wildman–Crippen LogP) is 3.71. The molecule has 0 radical (unpaired) electrons. The zero-order chi connectivity index (χ0) is 20.6. The average molecular weight is 405 g/mol. The van der Waals surface area contributed by atoms with Gasteiger partial charge in [0.1, 0.15) is 5.75 Å². The van der Waals surface area contributed by atoms with Gasteiger partial charge in [-0.25, -0.2) is 8.42 Å². The monoisotopic (exact) mass is 405 g/mol. The van der Waals surface area contributed by atoms with Crippen molar-refractivity contribution in [2.45, 2.75) is 29.1 Å². The summed E-state index contributed by atoms with van der Waals surface area (Å²) in [6.45, 7) is 0.377. The Hall–Kier alpha value is -2.94. The van der Waals surface area contributed by atoms with Crippen LogP contribution in [0.25, 0.3) is 0 Å². The Morgan fingerprint density at radius 1 is 1.00 bits per heavy atom. The number of benzene rings is 2. The van der Waals surface area contributed by atoms with E-state index in [4.69, 9.17) is 9.84 Å². The number of unbranched alkanes of at least 4 members (excludes halogenated alkanes) is 1. The third-order valence-corrected chi connectivity index (χ3v) is 5.46. The second-order valence-electron chi connectivity index (χ2n) is 6.20. The summed E-state index contributed by atoms with van der Waals surface area (Å²) in [6, 6.07) is 12.3. The first-order valence-corrected chi connectivity index (χ1v) is 10.2. The average Bonchev–Trinajstić information content (AvgIpc) is 2.66. The predicted molar refractivity (Wildman–Crippen MR) is 104 cm³/mol. The van der Waals surface area contributed by atoms with Crippen LogP contribution in [-0.4, -0.2) is 45.2 Å². The summed E-state index contributed by atoms with van der Waals surface area (Å²) in [7, 11) is -0.162. The summed E-state index contributed by atoms with van der Waals surface area (Å²) in [6.07, 6.45) is 1.26. The molecule has 0 amide bonds. The number of nitrogens with zero attached hydrogens (tertiary/aromatic N) is 3. The van der Waals surface area contributed by atoms with Crippen molar-refractivity contribution in [1.82, 2.24) is 5.01 Å². The number of aliphatic carboxylic acids is 1. The second kappa shape index (κ2) is 9.84. The van der Waals surface area contributed by atoms with E-state index in [1.165, 1.54) is 24.3 Å². The van der Waals surface area contributed by atoms with Crippen LogP contribution in [0, 0.1) is 0 Å². The number of hydrogen-bond acceptors (Lipinski definition) is 6. The maximum atomic E-state index is 12.7. The molecule has 0 fully saturated rings. The second-order valence-corrected chi connectivity index (χ2v) is 8.15. The molecule has 0 aliphatic carbocycles. The molecular formula is C19H23N3O5S. The number of sulfone groups is 1. The molecule has 0 heterocycles. The zero-order valence-electron chi connectivity index (χ0n) is 15.8. The zero-order valence-corrected chi connectivity index (χ0v) is 16.6. The fraction of sp³-hybridized carbons (Fsp3) is 0.316. The van der Waals surface area contributed by atoms with Crippen LogP contribution in [0.3, 0.4) is 0 Å². The van der Waals surface area contributed by atoms with Gasteiger partial charge in [-0.05, 0) is 61.4 Å². The molecule has 0 unspecified atom stereocenters. The van der Waals surface area contributed by atoms with Gasteiger partial charge in [0, 0.05) is 20.5 Å². The molecule has 0 aliphatic heterocycles. The van der Waals surface area contributed by atoms with Gasteiger partial charge in [-0.2, -0.15) is 0 Å². The van der Waals surface area contributed by atoms with Gasteiger partial charge in [0.2, 0.25) is 9.84 Å². The lowest BCUT2D eigenvalue weighted by Gasteiger charge is -2.08. The van der Waals surface area contributed by atoms with E-state index < -0.39 is 15.8 Å². The normalized spacial score (nSPS) is 11.5. The van der Waals surface area contributed by atoms with E-state index in [1.54, 1.807) is 43.4 Å². The molecule has 0 bridgehead atoms. The van der Waals surface area contributed by atoms with Crippen molar-refractivity contribution in [3.63, 3.8) is 0 Å². The van der Waals surface area contributed by atoms with Crippen LogP contribution in [0.2, 0.25) is 0 Å². The molecular weight excluding hydrogens is 382 g/mol. The van der Waals surface area contributed by atoms with Crippen molar-refractivity contribution in [2.75, 3.05) is 20.7 Å². The number of rotatable bonds is 10. The highest BCUT2D eigenvalue weighted by molar-refractivity contribution is 7.91. The van der Waals surface area contributed by atoms with Gasteiger partial charge in [-0.15, -0.1) is 5.11 Å². The van der Waals surface area contributed by atoms with Gasteiger partial charge in [-0.1, -0.05) is 5.22 Å². The summed E-state index contributed by atoms with van der Waals surface area (Å²) in [4.78, 5) is 10.8. The van der Waals surface area contributed by atoms with E-state index in [9.17, 15) is 13.2 Å². The summed E-state index contributed by atoms with van der Waals surface area (Å²) in [5.41, 5.74) is 0.555. The third kappa shape index (κ3) is 6.34. The molecule has 1 N–H and O–H groups in total. The molecule has 2 aromatic carbocycles. The Bertz CT molecular complexity index is 908. The summed E-state index contributed by atoms with van der Waals surface area (Å²) in [5.74, 6) is -0.294. The third-order valence-electron chi connectivity index (χ3n) is 3.67. The van der Waals surface area contributed by atoms with Gasteiger partial charge in [0.05, 0.1) is 22.1 Å². The van der Waals surface area contributed by atoms with Gasteiger partial charge in [0.15, 0.2) is 0 Å². The van der Waals surface area contributed by atoms with E-state index in [-0.39, 0.29) is 16.2 Å². The van der Waals surface area contributed by atoms with Crippen LogP contribution in [-0.2, 0) is 14.6 Å². The van der Waals surface area contributed by atoms with E-state index >= 15 is 0 Å². The highest BCUT2D eigenvalue weighted by Crippen LogP contribution is 2.25. The molecule has 0 saturated heterocycles. The molecule has 8 nitrogen and oxygen atoms in total. The van der Waals surface area contributed by atoms with Crippen molar-refractivity contribution in [3.05, 3.63) is 48.5 Å². The first-order valence-electron chi connectivity index (χ1n) is 8.68. The fourth-order valence-electron chi connectivity index (χ4n) is 2.25. The van der Waals surface area contributed by atoms with Gasteiger partial charge >= 0.3 is 5.97 Å². The van der Waals surface area contributed by atoms with Crippen molar-refractivity contribution >= 4 is 21.5 Å². The van der Waals surface area contributed by atoms with Crippen LogP contribution < -0.4 is 4.74 Å². The van der Waals surface area contributed by atoms with Crippen LogP contribution in [0.1, 0.15) is 19.3 Å². The van der Waals surface area contributed by atoms with Crippen molar-refractivity contribution in [2.24, 2.45) is 10.3 Å². The number of carboxylic acid groups (broad SMARTS) is 1. The topological polar surface area (TPSA) is 109 Å². The first kappa shape index (κ1) is 21.4. The lowest BCUT2D eigenvalue weighted by Crippen LogP contribution is -2.03. The Labute approximate surface area is 164 Å². The lowest BCUT2D eigenvalue weighted by atomic mass is 10.2. The molecule has 0 aliphatic rings. The maximum absolute atomic E-state index is 12.7. The summed E-state index contributed by atoms with van der Waals surface area (Å²) in [5, 5.41) is 18.0. The molecule has 0 atom stereocenters. The summed E-state index contributed by atoms with van der Waals surface area (Å²) < 4.78 is 31.0. The van der Waals surface area contributed by atoms with Crippen molar-refractivity contribution in [3.8, 4) is 5.75 Å². The SMILES string of the molecule is CN(C)N=Nc1ccc(S(=O)(=O)c2ccc(OCCCCC(=O)O)cc2)cc1. The quantitative estimate of drug-likeness (QED) is 0.367. The first-order chi connectivity index (χ1) is 13.3. The number of carbonyl (C=O) groups is 1. The van der Waals surface area contributed by atoms with Gasteiger partial charge < -0.3 is 9.84 Å². The molecule has 2 aromatic rings. The highest BCUT2D eigenvalue weighted by atomic mass is 32.2. The van der Waals surface area contributed by atoms with Crippen LogP contribution >= 0.6 is 0 Å². The van der Waals surface area contributed by atoms with Crippen LogP contribution in [0.4, 0.5) is 5.69 Å². The lowest BCUT2D eigenvalue weighted by molar-refractivity contribution is -0.137. The van der Waals surface area contributed by atoms with Crippen LogP contribution in [0.15, 0.2) is 68.7 Å². The molecule has 28 heavy (non-hydrogen) atoms. The number of hydrogen-bond donors (Lipinski definition) is 1. The molecule has 0 saturated carbocycles. The Kier molecular flexibility index (Phi) is 7.51. The maximum Gasteiger partial charge on any atom is 0.303 e. The molecule has 150 valence electrons. The number of carboxylic acids is 1. The standard InChI is InChI=1S/C19H23N3O5S/c1-22(2)21-20-15-6-10-17(11-7-15)28(25,26)18-12-8-16(9-13-18)27-14-4-3-5-19(23)24/h6-13H,3-5,14H2,1-2H3,(H,23,24). The van der Waals surface area contributed by atoms with Crippen molar-refractivity contribution in [1.29, 1.82) is 0 Å². The molecule has 9 heteroatoms. The minimum Gasteiger partial charge on any atom is -0.494 e. The largest absolute Gasteiger partial charge is 0.494 e. The highest BCUT2D eigenvalue weighted by Gasteiger charge is 2.17. The van der Waals surface area contributed by atoms with E-state index in [0.29, 0.717) is 30.9 Å². The van der Waals surface area contributed by atoms with Crippen molar-refractivity contribution < 1.29 is 23.1 Å². The number of ether oxygens (including phenoxy) is 1. The smallest absolute Gasteiger partial charge is 0.303 e. The van der Waals surface area contributed by atoms with E-state index in [2.05, 4.69) is 10.3 Å². The van der Waals surface area contributed by atoms with E-state index in [0.717, 1.165) is 0 Å². The minimum atomic E-state index is -3.65. The van der Waals surface area contributed by atoms with Gasteiger partial charge in [-0.3, -0.25) is 9.80 Å². The Morgan fingerprint density at radius 2 is 1.57 bits per heavy atom. The van der Waals surface area contributed by atoms with Gasteiger partial charge in [0.25, 0.3) is 0 Å². The molecule has 0 aromatic heterocycles. The minimum absolute atomic E-state index is 0.107. The molecule has 2 rings (SSSR count).